The summed E-state index contributed by atoms with van der Waals surface area (Å²) in [4.78, 5) is 17.5. The second-order valence-electron chi connectivity index (χ2n) is 7.38. The van der Waals surface area contributed by atoms with Gasteiger partial charge in [0.1, 0.15) is 0 Å². The van der Waals surface area contributed by atoms with Crippen molar-refractivity contribution in [2.75, 3.05) is 22.9 Å². The van der Waals surface area contributed by atoms with Crippen molar-refractivity contribution in [1.29, 1.82) is 0 Å². The van der Waals surface area contributed by atoms with Gasteiger partial charge in [-0.05, 0) is 73.5 Å². The van der Waals surface area contributed by atoms with Crippen LogP contribution in [0.25, 0.3) is 11.8 Å². The summed E-state index contributed by atoms with van der Waals surface area (Å²) in [7, 11) is 0. The molecular weight excluding hydrogens is 404 g/mol. The number of carbonyl (C=O) groups is 1. The van der Waals surface area contributed by atoms with Gasteiger partial charge < -0.3 is 4.90 Å². The molecule has 0 aliphatic carbocycles. The number of carbonyl (C=O) groups excluding carboxylic acids is 1. The normalized spacial score (nSPS) is 14.8. The van der Waals surface area contributed by atoms with Crippen LogP contribution in [0.5, 0.6) is 0 Å². The minimum absolute atomic E-state index is 0.0376. The molecule has 0 radical (unpaired) electrons. The third kappa shape index (κ3) is 4.42. The molecule has 0 spiro atoms. The van der Waals surface area contributed by atoms with E-state index in [1.165, 1.54) is 0 Å². The van der Waals surface area contributed by atoms with Crippen LogP contribution in [-0.2, 0) is 4.79 Å². The molecule has 3 aromatic rings. The Hall–Kier alpha value is -3.30. The van der Waals surface area contributed by atoms with Crippen LogP contribution >= 0.6 is 11.6 Å². The van der Waals surface area contributed by atoms with Crippen molar-refractivity contribution in [2.24, 2.45) is 0 Å². The lowest BCUT2D eigenvalue weighted by molar-refractivity contribution is -0.113. The molecule has 0 saturated heterocycles. The molecule has 0 saturated carbocycles. The van der Waals surface area contributed by atoms with Gasteiger partial charge in [0.15, 0.2) is 0 Å². The van der Waals surface area contributed by atoms with Crippen LogP contribution in [0.4, 0.5) is 11.4 Å². The van der Waals surface area contributed by atoms with E-state index in [1.54, 1.807) is 4.90 Å². The van der Waals surface area contributed by atoms with Gasteiger partial charge >= 0.3 is 0 Å². The van der Waals surface area contributed by atoms with Crippen LogP contribution in [0.15, 0.2) is 90.5 Å². The number of halogens is 1. The maximum absolute atomic E-state index is 13.5. The van der Waals surface area contributed by atoms with Crippen LogP contribution in [0, 0.1) is 0 Å². The first-order valence-electron chi connectivity index (χ1n) is 10.5. The molecule has 0 fully saturated rings. The maximum atomic E-state index is 13.5. The lowest BCUT2D eigenvalue weighted by Gasteiger charge is -2.24. The molecule has 0 atom stereocenters. The van der Waals surface area contributed by atoms with Gasteiger partial charge in [-0.2, -0.15) is 0 Å². The van der Waals surface area contributed by atoms with Gasteiger partial charge in [-0.25, -0.2) is 0 Å². The standard InChI is InChI=1S/C27H25ClN2O/c1-3-29(4-2)24-14-16-25(17-15-24)30-26(21-8-6-5-7-9-21)19-22(27(30)31)18-20-10-12-23(28)13-11-20/h5-19H,3-4H2,1-2H3/b22-18+. The van der Waals surface area contributed by atoms with Crippen molar-refractivity contribution in [3.8, 4) is 0 Å². The van der Waals surface area contributed by atoms with E-state index in [1.807, 2.05) is 78.9 Å². The SMILES string of the molecule is CCN(CC)c1ccc(N2C(=O)/C(=C/c3ccc(Cl)cc3)C=C2c2ccccc2)cc1. The minimum Gasteiger partial charge on any atom is -0.372 e. The highest BCUT2D eigenvalue weighted by molar-refractivity contribution is 6.30. The molecule has 3 nitrogen and oxygen atoms in total. The molecule has 156 valence electrons. The van der Waals surface area contributed by atoms with Crippen molar-refractivity contribution in [1.82, 2.24) is 0 Å². The van der Waals surface area contributed by atoms with Crippen LogP contribution in [0.1, 0.15) is 25.0 Å². The van der Waals surface area contributed by atoms with Gasteiger partial charge in [0.2, 0.25) is 0 Å². The molecule has 4 heteroatoms. The highest BCUT2D eigenvalue weighted by Gasteiger charge is 2.30. The zero-order chi connectivity index (χ0) is 21.8. The van der Waals surface area contributed by atoms with Crippen LogP contribution in [0.3, 0.4) is 0 Å². The lowest BCUT2D eigenvalue weighted by atomic mass is 10.1. The largest absolute Gasteiger partial charge is 0.372 e. The summed E-state index contributed by atoms with van der Waals surface area (Å²) >= 11 is 6.01. The van der Waals surface area contributed by atoms with Crippen LogP contribution in [-0.4, -0.2) is 19.0 Å². The number of anilines is 2. The summed E-state index contributed by atoms with van der Waals surface area (Å²) in [5.41, 5.74) is 5.48. The Balaban J connectivity index is 1.74. The Morgan fingerprint density at radius 3 is 2.13 bits per heavy atom. The van der Waals surface area contributed by atoms with E-state index in [0.29, 0.717) is 10.6 Å². The van der Waals surface area contributed by atoms with E-state index in [-0.39, 0.29) is 5.91 Å². The zero-order valence-corrected chi connectivity index (χ0v) is 18.5. The molecule has 0 aromatic heterocycles. The van der Waals surface area contributed by atoms with Crippen molar-refractivity contribution >= 4 is 40.7 Å². The van der Waals surface area contributed by atoms with Gasteiger partial charge in [-0.3, -0.25) is 9.69 Å². The molecule has 4 rings (SSSR count). The summed E-state index contributed by atoms with van der Waals surface area (Å²) in [6, 6.07) is 25.7. The predicted octanol–water partition coefficient (Wildman–Crippen LogP) is 6.66. The highest BCUT2D eigenvalue weighted by atomic mass is 35.5. The molecular formula is C27H25ClN2O. The van der Waals surface area contributed by atoms with E-state index in [4.69, 9.17) is 11.6 Å². The summed E-state index contributed by atoms with van der Waals surface area (Å²) in [6.45, 7) is 6.18. The smallest absolute Gasteiger partial charge is 0.262 e. The van der Waals surface area contributed by atoms with Crippen molar-refractivity contribution < 1.29 is 4.79 Å². The number of benzene rings is 3. The second kappa shape index (κ2) is 9.23. The second-order valence-corrected chi connectivity index (χ2v) is 7.81. The molecule has 31 heavy (non-hydrogen) atoms. The van der Waals surface area contributed by atoms with Gasteiger partial charge in [0.05, 0.1) is 5.70 Å². The topological polar surface area (TPSA) is 23.6 Å². The third-order valence-electron chi connectivity index (χ3n) is 5.48. The molecule has 1 aliphatic heterocycles. The summed E-state index contributed by atoms with van der Waals surface area (Å²) < 4.78 is 0. The Labute approximate surface area is 188 Å². The summed E-state index contributed by atoms with van der Waals surface area (Å²) in [5, 5.41) is 0.676. The quantitative estimate of drug-likeness (QED) is 0.410. The predicted molar refractivity (Wildman–Crippen MR) is 131 cm³/mol. The molecule has 1 heterocycles. The van der Waals surface area contributed by atoms with Gasteiger partial charge in [0.25, 0.3) is 5.91 Å². The van der Waals surface area contributed by atoms with Crippen molar-refractivity contribution in [3.63, 3.8) is 0 Å². The fourth-order valence-corrected chi connectivity index (χ4v) is 3.96. The molecule has 0 N–H and O–H groups in total. The van der Waals surface area contributed by atoms with Crippen LogP contribution < -0.4 is 9.80 Å². The fourth-order valence-electron chi connectivity index (χ4n) is 3.83. The summed E-state index contributed by atoms with van der Waals surface area (Å²) in [5.74, 6) is -0.0376. The molecule has 1 amide bonds. The minimum atomic E-state index is -0.0376. The van der Waals surface area contributed by atoms with E-state index >= 15 is 0 Å². The first-order valence-corrected chi connectivity index (χ1v) is 10.9. The maximum Gasteiger partial charge on any atom is 0.262 e. The lowest BCUT2D eigenvalue weighted by Crippen LogP contribution is -2.25. The van der Waals surface area contributed by atoms with Gasteiger partial charge in [-0.15, -0.1) is 0 Å². The monoisotopic (exact) mass is 428 g/mol. The Morgan fingerprint density at radius 2 is 1.52 bits per heavy atom. The zero-order valence-electron chi connectivity index (χ0n) is 17.8. The van der Waals surface area contributed by atoms with E-state index in [2.05, 4.69) is 30.9 Å². The van der Waals surface area contributed by atoms with Gasteiger partial charge in [-0.1, -0.05) is 54.1 Å². The number of nitrogens with zero attached hydrogens (tertiary/aromatic N) is 2. The van der Waals surface area contributed by atoms with E-state index in [9.17, 15) is 4.79 Å². The van der Waals surface area contributed by atoms with Gasteiger partial charge in [0, 0.05) is 35.1 Å². The summed E-state index contributed by atoms with van der Waals surface area (Å²) in [6.07, 6.45) is 3.87. The molecule has 1 aliphatic rings. The number of hydrogen-bond acceptors (Lipinski definition) is 2. The fraction of sp³-hybridized carbons (Fsp3) is 0.148. The Kier molecular flexibility index (Phi) is 6.24. The number of amides is 1. The Bertz CT molecular complexity index is 1110. The third-order valence-corrected chi connectivity index (χ3v) is 5.73. The van der Waals surface area contributed by atoms with Crippen molar-refractivity contribution in [2.45, 2.75) is 13.8 Å². The average molecular weight is 429 g/mol. The first-order chi connectivity index (χ1) is 15.1. The molecule has 0 unspecified atom stereocenters. The number of hydrogen-bond donors (Lipinski definition) is 0. The van der Waals surface area contributed by atoms with Crippen LogP contribution in [0.2, 0.25) is 5.02 Å². The molecule has 3 aromatic carbocycles. The average Bonchev–Trinajstić information content (AvgIpc) is 3.13. The Morgan fingerprint density at radius 1 is 0.871 bits per heavy atom. The van der Waals surface area contributed by atoms with Crippen molar-refractivity contribution in [3.05, 3.63) is 107 Å². The van der Waals surface area contributed by atoms with E-state index in [0.717, 1.165) is 41.3 Å². The molecule has 0 bridgehead atoms. The van der Waals surface area contributed by atoms with E-state index < -0.39 is 0 Å². The first kappa shape index (κ1) is 21.0. The highest BCUT2D eigenvalue weighted by Crippen LogP contribution is 2.36. The number of rotatable bonds is 6.